The van der Waals surface area contributed by atoms with Crippen LogP contribution in [0.25, 0.3) is 0 Å². The van der Waals surface area contributed by atoms with Gasteiger partial charge in [-0.1, -0.05) is 30.7 Å². The van der Waals surface area contributed by atoms with Gasteiger partial charge in [0.25, 0.3) is 11.8 Å². The molecule has 1 aromatic carbocycles. The molecule has 0 radical (unpaired) electrons. The fourth-order valence-corrected chi connectivity index (χ4v) is 5.30. The maximum atomic E-state index is 13.2. The summed E-state index contributed by atoms with van der Waals surface area (Å²) in [7, 11) is 0. The highest BCUT2D eigenvalue weighted by molar-refractivity contribution is 7.17. The molecule has 0 saturated heterocycles. The third-order valence-corrected chi connectivity index (χ3v) is 6.77. The summed E-state index contributed by atoms with van der Waals surface area (Å²) in [5.41, 5.74) is 1.53. The molecule has 2 aromatic heterocycles. The Morgan fingerprint density at radius 1 is 1.22 bits per heavy atom. The van der Waals surface area contributed by atoms with E-state index in [0.717, 1.165) is 29.7 Å². The van der Waals surface area contributed by atoms with Gasteiger partial charge in [-0.15, -0.1) is 11.3 Å². The highest BCUT2D eigenvalue weighted by Gasteiger charge is 2.29. The predicted octanol–water partition coefficient (Wildman–Crippen LogP) is 5.58. The van der Waals surface area contributed by atoms with Crippen molar-refractivity contribution in [3.05, 3.63) is 69.7 Å². The number of halogens is 1. The average Bonchev–Trinajstić information content (AvgIpc) is 3.11. The number of nitrogens with one attached hydrogen (secondary N) is 2. The van der Waals surface area contributed by atoms with E-state index in [2.05, 4.69) is 22.5 Å². The maximum absolute atomic E-state index is 13.2. The molecule has 2 heterocycles. The Balaban J connectivity index is 1.57. The standard InChI is InChI=1S/C24H24ClN3O3S/c1-14-9-10-18-19(12-14)32-24(21(18)23(30)27-20-8-3-4-11-26-20)28-22(29)15(2)31-17-7-5-6-16(25)13-17/h3-8,11,13-15H,9-10,12H2,1-2H3,(H,28,29)(H,26,27,30)/t14-,15+/m0/s1. The molecule has 6 nitrogen and oxygen atoms in total. The van der Waals surface area contributed by atoms with E-state index in [1.165, 1.54) is 11.3 Å². The van der Waals surface area contributed by atoms with Crippen molar-refractivity contribution < 1.29 is 14.3 Å². The summed E-state index contributed by atoms with van der Waals surface area (Å²) < 4.78 is 5.74. The minimum absolute atomic E-state index is 0.269. The molecule has 32 heavy (non-hydrogen) atoms. The molecular weight excluding hydrogens is 446 g/mol. The molecule has 0 unspecified atom stereocenters. The van der Waals surface area contributed by atoms with Crippen LogP contribution in [0.5, 0.6) is 5.75 Å². The predicted molar refractivity (Wildman–Crippen MR) is 128 cm³/mol. The van der Waals surface area contributed by atoms with Crippen molar-refractivity contribution in [1.29, 1.82) is 0 Å². The van der Waals surface area contributed by atoms with Crippen molar-refractivity contribution in [1.82, 2.24) is 4.98 Å². The summed E-state index contributed by atoms with van der Waals surface area (Å²) in [6.07, 6.45) is 3.57. The summed E-state index contributed by atoms with van der Waals surface area (Å²) in [6, 6.07) is 12.2. The number of ether oxygens (including phenoxy) is 1. The first-order valence-corrected chi connectivity index (χ1v) is 11.7. The molecule has 1 aliphatic rings. The van der Waals surface area contributed by atoms with Crippen LogP contribution in [0.2, 0.25) is 5.02 Å². The highest BCUT2D eigenvalue weighted by atomic mass is 35.5. The number of benzene rings is 1. The van der Waals surface area contributed by atoms with Gasteiger partial charge in [0.1, 0.15) is 16.6 Å². The Kier molecular flexibility index (Phi) is 6.77. The van der Waals surface area contributed by atoms with Crippen LogP contribution >= 0.6 is 22.9 Å². The van der Waals surface area contributed by atoms with Gasteiger partial charge >= 0.3 is 0 Å². The van der Waals surface area contributed by atoms with Gasteiger partial charge in [-0.3, -0.25) is 9.59 Å². The van der Waals surface area contributed by atoms with Gasteiger partial charge in [0.2, 0.25) is 0 Å². The molecule has 3 aromatic rings. The third kappa shape index (κ3) is 5.11. The summed E-state index contributed by atoms with van der Waals surface area (Å²) in [6.45, 7) is 3.87. The van der Waals surface area contributed by atoms with E-state index in [9.17, 15) is 9.59 Å². The molecular formula is C24H24ClN3O3S. The number of nitrogens with zero attached hydrogens (tertiary/aromatic N) is 1. The lowest BCUT2D eigenvalue weighted by Crippen LogP contribution is -2.30. The van der Waals surface area contributed by atoms with Crippen LogP contribution in [0.15, 0.2) is 48.7 Å². The topological polar surface area (TPSA) is 80.3 Å². The molecule has 1 aliphatic carbocycles. The minimum Gasteiger partial charge on any atom is -0.481 e. The van der Waals surface area contributed by atoms with Gasteiger partial charge in [0.05, 0.1) is 5.56 Å². The van der Waals surface area contributed by atoms with Crippen molar-refractivity contribution >= 4 is 45.6 Å². The Morgan fingerprint density at radius 3 is 2.81 bits per heavy atom. The Morgan fingerprint density at radius 2 is 2.06 bits per heavy atom. The zero-order chi connectivity index (χ0) is 22.7. The smallest absolute Gasteiger partial charge is 0.265 e. The lowest BCUT2D eigenvalue weighted by Gasteiger charge is -2.18. The maximum Gasteiger partial charge on any atom is 0.265 e. The first-order chi connectivity index (χ1) is 15.4. The fraction of sp³-hybridized carbons (Fsp3) is 0.292. The van der Waals surface area contributed by atoms with Crippen molar-refractivity contribution in [3.8, 4) is 5.75 Å². The summed E-state index contributed by atoms with van der Waals surface area (Å²) in [4.78, 5) is 31.4. The molecule has 0 saturated carbocycles. The van der Waals surface area contributed by atoms with Gasteiger partial charge in [0, 0.05) is 16.1 Å². The molecule has 2 amide bonds. The number of fused-ring (bicyclic) bond motifs is 1. The first kappa shape index (κ1) is 22.3. The van der Waals surface area contributed by atoms with Crippen LogP contribution in [0.4, 0.5) is 10.8 Å². The number of rotatable bonds is 6. The third-order valence-electron chi connectivity index (χ3n) is 5.36. The molecule has 2 N–H and O–H groups in total. The lowest BCUT2D eigenvalue weighted by atomic mass is 9.88. The lowest BCUT2D eigenvalue weighted by molar-refractivity contribution is -0.122. The average molecular weight is 470 g/mol. The molecule has 2 atom stereocenters. The monoisotopic (exact) mass is 469 g/mol. The van der Waals surface area contributed by atoms with Crippen LogP contribution in [0.1, 0.15) is 41.1 Å². The summed E-state index contributed by atoms with van der Waals surface area (Å²) in [5, 5.41) is 6.85. The van der Waals surface area contributed by atoms with Gasteiger partial charge in [-0.2, -0.15) is 0 Å². The van der Waals surface area contributed by atoms with Crippen LogP contribution in [0.3, 0.4) is 0 Å². The zero-order valence-corrected chi connectivity index (χ0v) is 19.4. The van der Waals surface area contributed by atoms with E-state index < -0.39 is 6.10 Å². The number of carbonyl (C=O) groups excluding carboxylic acids is 2. The number of anilines is 2. The Hall–Kier alpha value is -2.90. The highest BCUT2D eigenvalue weighted by Crippen LogP contribution is 2.40. The number of carbonyl (C=O) groups is 2. The van der Waals surface area contributed by atoms with Crippen molar-refractivity contribution in [2.24, 2.45) is 5.92 Å². The van der Waals surface area contributed by atoms with Crippen molar-refractivity contribution in [3.63, 3.8) is 0 Å². The SMILES string of the molecule is C[C@H]1CCc2c(sc(NC(=O)[C@@H](C)Oc3cccc(Cl)c3)c2C(=O)Nc2ccccn2)C1. The van der Waals surface area contributed by atoms with Crippen LogP contribution < -0.4 is 15.4 Å². The first-order valence-electron chi connectivity index (χ1n) is 10.5. The number of pyridine rings is 1. The van der Waals surface area contributed by atoms with E-state index >= 15 is 0 Å². The van der Waals surface area contributed by atoms with Crippen molar-refractivity contribution in [2.45, 2.75) is 39.2 Å². The number of hydrogen-bond acceptors (Lipinski definition) is 5. The van der Waals surface area contributed by atoms with Crippen molar-refractivity contribution in [2.75, 3.05) is 10.6 Å². The second-order valence-corrected chi connectivity index (χ2v) is 9.47. The molecule has 0 bridgehead atoms. The Labute approximate surface area is 196 Å². The molecule has 166 valence electrons. The van der Waals surface area contributed by atoms with E-state index in [1.54, 1.807) is 49.5 Å². The van der Waals surface area contributed by atoms with Crippen LogP contribution in [-0.2, 0) is 17.6 Å². The number of thiophene rings is 1. The quantitative estimate of drug-likeness (QED) is 0.493. The molecule has 0 aliphatic heterocycles. The van der Waals surface area contributed by atoms with Gasteiger partial charge in [-0.05, 0) is 68.0 Å². The molecule has 4 rings (SSSR count). The number of amides is 2. The van der Waals surface area contributed by atoms with Crippen LogP contribution in [0, 0.1) is 5.92 Å². The largest absolute Gasteiger partial charge is 0.481 e. The van der Waals surface area contributed by atoms with E-state index in [1.807, 2.05) is 6.07 Å². The molecule has 0 spiro atoms. The van der Waals surface area contributed by atoms with Gasteiger partial charge in [0.15, 0.2) is 6.10 Å². The molecule has 8 heteroatoms. The normalized spacial score (nSPS) is 16.0. The zero-order valence-electron chi connectivity index (χ0n) is 17.9. The second kappa shape index (κ2) is 9.71. The number of hydrogen-bond donors (Lipinski definition) is 2. The summed E-state index contributed by atoms with van der Waals surface area (Å²) >= 11 is 7.47. The minimum atomic E-state index is -0.766. The van der Waals surface area contributed by atoms with E-state index in [4.69, 9.17) is 16.3 Å². The fourth-order valence-electron chi connectivity index (χ4n) is 3.71. The second-order valence-electron chi connectivity index (χ2n) is 7.93. The molecule has 0 fully saturated rings. The van der Waals surface area contributed by atoms with Crippen LogP contribution in [-0.4, -0.2) is 22.9 Å². The van der Waals surface area contributed by atoms with Gasteiger partial charge < -0.3 is 15.4 Å². The van der Waals surface area contributed by atoms with E-state index in [-0.39, 0.29) is 11.8 Å². The summed E-state index contributed by atoms with van der Waals surface area (Å²) in [5.74, 6) is 0.920. The van der Waals surface area contributed by atoms with Gasteiger partial charge in [-0.25, -0.2) is 4.98 Å². The van der Waals surface area contributed by atoms with E-state index in [0.29, 0.717) is 33.1 Å². The number of aromatic nitrogens is 1. The Bertz CT molecular complexity index is 1130.